The number of fused-ring (bicyclic) bond motifs is 1. The van der Waals surface area contributed by atoms with E-state index in [1.165, 1.54) is 16.2 Å². The van der Waals surface area contributed by atoms with Gasteiger partial charge in [0.1, 0.15) is 5.00 Å². The molecule has 0 spiro atoms. The number of esters is 1. The average Bonchev–Trinajstić information content (AvgIpc) is 2.97. The van der Waals surface area contributed by atoms with Gasteiger partial charge in [-0.15, -0.1) is 11.3 Å². The highest BCUT2D eigenvalue weighted by molar-refractivity contribution is 7.17. The van der Waals surface area contributed by atoms with Gasteiger partial charge >= 0.3 is 5.97 Å². The van der Waals surface area contributed by atoms with Gasteiger partial charge in [0.05, 0.1) is 18.2 Å². The van der Waals surface area contributed by atoms with Crippen LogP contribution in [0.3, 0.4) is 0 Å². The van der Waals surface area contributed by atoms with E-state index >= 15 is 0 Å². The van der Waals surface area contributed by atoms with Gasteiger partial charge in [0.2, 0.25) is 5.91 Å². The Morgan fingerprint density at radius 1 is 1.38 bits per heavy atom. The van der Waals surface area contributed by atoms with Crippen LogP contribution in [-0.2, 0) is 22.4 Å². The van der Waals surface area contributed by atoms with E-state index in [0.717, 1.165) is 24.8 Å². The SMILES string of the molecule is CCOC(=O)c1c(NC(=O)[C@H](N)C(C)C)sc2c1CCC2. The molecule has 0 saturated carbocycles. The zero-order valence-electron chi connectivity index (χ0n) is 12.7. The summed E-state index contributed by atoms with van der Waals surface area (Å²) < 4.78 is 5.13. The Labute approximate surface area is 128 Å². The van der Waals surface area contributed by atoms with Crippen LogP contribution in [0, 0.1) is 5.92 Å². The van der Waals surface area contributed by atoms with E-state index in [-0.39, 0.29) is 17.8 Å². The molecule has 1 amide bonds. The van der Waals surface area contributed by atoms with Crippen LogP contribution in [0.5, 0.6) is 0 Å². The lowest BCUT2D eigenvalue weighted by Gasteiger charge is -2.15. The van der Waals surface area contributed by atoms with Crippen molar-refractivity contribution in [2.75, 3.05) is 11.9 Å². The van der Waals surface area contributed by atoms with Crippen molar-refractivity contribution in [2.45, 2.75) is 46.1 Å². The fourth-order valence-electron chi connectivity index (χ4n) is 2.41. The molecule has 6 heteroatoms. The van der Waals surface area contributed by atoms with Crippen molar-refractivity contribution >= 4 is 28.2 Å². The molecule has 1 aromatic rings. The van der Waals surface area contributed by atoms with Crippen LogP contribution < -0.4 is 11.1 Å². The van der Waals surface area contributed by atoms with Gasteiger partial charge in [-0.3, -0.25) is 4.79 Å². The molecule has 0 unspecified atom stereocenters. The van der Waals surface area contributed by atoms with Crippen LogP contribution in [-0.4, -0.2) is 24.5 Å². The number of anilines is 1. The molecule has 0 bridgehead atoms. The van der Waals surface area contributed by atoms with Crippen LogP contribution >= 0.6 is 11.3 Å². The van der Waals surface area contributed by atoms with E-state index < -0.39 is 6.04 Å². The van der Waals surface area contributed by atoms with E-state index in [4.69, 9.17) is 10.5 Å². The number of carbonyl (C=O) groups excluding carboxylic acids is 2. The van der Waals surface area contributed by atoms with Crippen LogP contribution in [0.2, 0.25) is 0 Å². The topological polar surface area (TPSA) is 81.4 Å². The molecule has 2 rings (SSSR count). The first-order valence-corrected chi connectivity index (χ1v) is 8.15. The van der Waals surface area contributed by atoms with Gasteiger partial charge in [0, 0.05) is 4.88 Å². The van der Waals surface area contributed by atoms with Gasteiger partial charge in [-0.2, -0.15) is 0 Å². The highest BCUT2D eigenvalue weighted by atomic mass is 32.1. The van der Waals surface area contributed by atoms with Crippen LogP contribution in [0.4, 0.5) is 5.00 Å². The van der Waals surface area contributed by atoms with Gasteiger partial charge in [-0.1, -0.05) is 13.8 Å². The summed E-state index contributed by atoms with van der Waals surface area (Å²) in [7, 11) is 0. The molecular weight excluding hydrogens is 288 g/mol. The second-order valence-electron chi connectivity index (χ2n) is 5.54. The molecular formula is C15H22N2O3S. The fraction of sp³-hybridized carbons (Fsp3) is 0.600. The van der Waals surface area contributed by atoms with E-state index in [1.807, 2.05) is 13.8 Å². The maximum absolute atomic E-state index is 12.2. The Hall–Kier alpha value is -1.40. The summed E-state index contributed by atoms with van der Waals surface area (Å²) in [6, 6.07) is -0.586. The predicted molar refractivity (Wildman–Crippen MR) is 83.7 cm³/mol. The zero-order chi connectivity index (χ0) is 15.6. The maximum atomic E-state index is 12.2. The molecule has 116 valence electrons. The molecule has 0 fully saturated rings. The summed E-state index contributed by atoms with van der Waals surface area (Å²) in [5.74, 6) is -0.566. The Bertz CT molecular complexity index is 551. The number of amides is 1. The van der Waals surface area contributed by atoms with Crippen LogP contribution in [0.15, 0.2) is 0 Å². The fourth-order valence-corrected chi connectivity index (χ4v) is 3.69. The first-order chi connectivity index (χ1) is 9.95. The summed E-state index contributed by atoms with van der Waals surface area (Å²) in [4.78, 5) is 25.5. The van der Waals surface area contributed by atoms with E-state index in [2.05, 4.69) is 5.32 Å². The highest BCUT2D eigenvalue weighted by Gasteiger charge is 2.29. The average molecular weight is 310 g/mol. The summed E-state index contributed by atoms with van der Waals surface area (Å²) in [5.41, 5.74) is 7.42. The standard InChI is InChI=1S/C15H22N2O3S/c1-4-20-15(19)11-9-6-5-7-10(9)21-14(11)17-13(18)12(16)8(2)3/h8,12H,4-7,16H2,1-3H3,(H,17,18)/t12-/m1/s1. The van der Waals surface area contributed by atoms with Gasteiger partial charge in [0.15, 0.2) is 0 Å². The van der Waals surface area contributed by atoms with Gasteiger partial charge in [-0.25, -0.2) is 4.79 Å². The third kappa shape index (κ3) is 3.27. The largest absolute Gasteiger partial charge is 0.462 e. The Kier molecular flexibility index (Phi) is 5.00. The number of thiophene rings is 1. The molecule has 21 heavy (non-hydrogen) atoms. The minimum absolute atomic E-state index is 0.0443. The third-order valence-electron chi connectivity index (χ3n) is 3.66. The summed E-state index contributed by atoms with van der Waals surface area (Å²) in [6.07, 6.45) is 2.87. The zero-order valence-corrected chi connectivity index (χ0v) is 13.5. The summed E-state index contributed by atoms with van der Waals surface area (Å²) in [6.45, 7) is 5.88. The first-order valence-electron chi connectivity index (χ1n) is 7.33. The molecule has 0 aliphatic heterocycles. The maximum Gasteiger partial charge on any atom is 0.341 e. The molecule has 5 nitrogen and oxygen atoms in total. The first kappa shape index (κ1) is 16.0. The van der Waals surface area contributed by atoms with Crippen molar-refractivity contribution < 1.29 is 14.3 Å². The van der Waals surface area contributed by atoms with Gasteiger partial charge in [-0.05, 0) is 37.7 Å². The van der Waals surface area contributed by atoms with Crippen molar-refractivity contribution in [3.63, 3.8) is 0 Å². The number of ether oxygens (including phenoxy) is 1. The second kappa shape index (κ2) is 6.58. The van der Waals surface area contributed by atoms with Gasteiger partial charge < -0.3 is 15.8 Å². The minimum atomic E-state index is -0.586. The second-order valence-corrected chi connectivity index (χ2v) is 6.65. The number of nitrogens with two attached hydrogens (primary N) is 1. The van der Waals surface area contributed by atoms with Crippen LogP contribution in [0.1, 0.15) is 48.0 Å². The molecule has 0 aromatic carbocycles. The lowest BCUT2D eigenvalue weighted by Crippen LogP contribution is -2.39. The van der Waals surface area contributed by atoms with Crippen molar-refractivity contribution in [3.05, 3.63) is 16.0 Å². The minimum Gasteiger partial charge on any atom is -0.462 e. The Morgan fingerprint density at radius 2 is 2.10 bits per heavy atom. The third-order valence-corrected chi connectivity index (χ3v) is 4.87. The monoisotopic (exact) mass is 310 g/mol. The number of hydrogen-bond acceptors (Lipinski definition) is 5. The van der Waals surface area contributed by atoms with Crippen molar-refractivity contribution in [1.82, 2.24) is 0 Å². The van der Waals surface area contributed by atoms with Gasteiger partial charge in [0.25, 0.3) is 0 Å². The molecule has 1 atom stereocenters. The quantitative estimate of drug-likeness (QED) is 0.818. The van der Waals surface area contributed by atoms with Crippen molar-refractivity contribution in [3.8, 4) is 0 Å². The van der Waals surface area contributed by atoms with E-state index in [0.29, 0.717) is 17.2 Å². The number of nitrogens with one attached hydrogen (secondary N) is 1. The summed E-state index contributed by atoms with van der Waals surface area (Å²) in [5, 5.41) is 3.40. The number of carbonyl (C=O) groups is 2. The lowest BCUT2D eigenvalue weighted by atomic mass is 10.0. The molecule has 1 aliphatic carbocycles. The molecule has 1 heterocycles. The van der Waals surface area contributed by atoms with Crippen LogP contribution in [0.25, 0.3) is 0 Å². The van der Waals surface area contributed by atoms with E-state index in [1.54, 1.807) is 6.92 Å². The van der Waals surface area contributed by atoms with E-state index in [9.17, 15) is 9.59 Å². The van der Waals surface area contributed by atoms with Crippen molar-refractivity contribution in [1.29, 1.82) is 0 Å². The Morgan fingerprint density at radius 3 is 2.71 bits per heavy atom. The molecule has 1 aromatic heterocycles. The molecule has 0 radical (unpaired) electrons. The lowest BCUT2D eigenvalue weighted by molar-refractivity contribution is -0.118. The molecule has 3 N–H and O–H groups in total. The number of hydrogen-bond donors (Lipinski definition) is 2. The highest BCUT2D eigenvalue weighted by Crippen LogP contribution is 2.39. The smallest absolute Gasteiger partial charge is 0.341 e. The van der Waals surface area contributed by atoms with Crippen molar-refractivity contribution in [2.24, 2.45) is 11.7 Å². The normalized spacial score (nSPS) is 14.9. The summed E-state index contributed by atoms with van der Waals surface area (Å²) >= 11 is 1.47. The number of aryl methyl sites for hydroxylation is 1. The predicted octanol–water partition coefficient (Wildman–Crippen LogP) is 2.34. The number of rotatable bonds is 5. The Balaban J connectivity index is 2.27. The molecule has 0 saturated heterocycles. The molecule has 1 aliphatic rings.